The Morgan fingerprint density at radius 3 is 2.75 bits per heavy atom. The van der Waals surface area contributed by atoms with Crippen LogP contribution in [0.5, 0.6) is 5.75 Å². The summed E-state index contributed by atoms with van der Waals surface area (Å²) in [6.45, 7) is 3.89. The molecular weight excluding hydrogens is 334 g/mol. The smallest absolute Gasteiger partial charge is 0.305 e. The fourth-order valence-electron chi connectivity index (χ4n) is 2.89. The molecule has 1 fully saturated rings. The average Bonchev–Trinajstić information content (AvgIpc) is 2.92. The van der Waals surface area contributed by atoms with Crippen molar-refractivity contribution in [1.29, 1.82) is 0 Å². The van der Waals surface area contributed by atoms with Crippen LogP contribution >= 0.6 is 11.6 Å². The van der Waals surface area contributed by atoms with Crippen molar-refractivity contribution < 1.29 is 24.2 Å². The van der Waals surface area contributed by atoms with Crippen LogP contribution in [0.25, 0.3) is 0 Å². The summed E-state index contributed by atoms with van der Waals surface area (Å²) in [6.07, 6.45) is -0.458. The Balaban J connectivity index is 2.07. The molecule has 1 amide bonds. The first-order valence-electron chi connectivity index (χ1n) is 7.79. The molecule has 132 valence electrons. The zero-order valence-corrected chi connectivity index (χ0v) is 14.7. The van der Waals surface area contributed by atoms with Gasteiger partial charge in [0.2, 0.25) is 0 Å². The van der Waals surface area contributed by atoms with Crippen molar-refractivity contribution in [2.24, 2.45) is 0 Å². The summed E-state index contributed by atoms with van der Waals surface area (Å²) in [4.78, 5) is 25.3. The Morgan fingerprint density at radius 2 is 2.17 bits per heavy atom. The SMILES string of the molecule is COC1CC(CC(=O)O)N(C(=O)C(C)Oc2ccc(Cl)c(C)c2)C1. The highest BCUT2D eigenvalue weighted by Crippen LogP contribution is 2.26. The summed E-state index contributed by atoms with van der Waals surface area (Å²) < 4.78 is 11.0. The van der Waals surface area contributed by atoms with Crippen molar-refractivity contribution in [2.75, 3.05) is 13.7 Å². The first-order valence-corrected chi connectivity index (χ1v) is 8.17. The number of likely N-dealkylation sites (tertiary alicyclic amines) is 1. The Labute approximate surface area is 146 Å². The van der Waals surface area contributed by atoms with Gasteiger partial charge < -0.3 is 19.5 Å². The molecular formula is C17H22ClNO5. The summed E-state index contributed by atoms with van der Waals surface area (Å²) in [5.74, 6) is -0.625. The molecule has 0 spiro atoms. The second kappa shape index (κ2) is 7.85. The Kier molecular flexibility index (Phi) is 6.07. The highest BCUT2D eigenvalue weighted by molar-refractivity contribution is 6.31. The number of benzene rings is 1. The van der Waals surface area contributed by atoms with E-state index in [2.05, 4.69) is 0 Å². The molecule has 2 rings (SSSR count). The number of methoxy groups -OCH3 is 1. The minimum absolute atomic E-state index is 0.0988. The first-order chi connectivity index (χ1) is 11.3. The van der Waals surface area contributed by atoms with Gasteiger partial charge in [-0.05, 0) is 44.0 Å². The Bertz CT molecular complexity index is 621. The van der Waals surface area contributed by atoms with Crippen LogP contribution in [-0.2, 0) is 14.3 Å². The van der Waals surface area contributed by atoms with Gasteiger partial charge in [0.1, 0.15) is 5.75 Å². The van der Waals surface area contributed by atoms with E-state index in [1.54, 1.807) is 37.1 Å². The van der Waals surface area contributed by atoms with Crippen molar-refractivity contribution in [2.45, 2.75) is 44.9 Å². The lowest BCUT2D eigenvalue weighted by atomic mass is 10.1. The normalized spacial score (nSPS) is 21.6. The van der Waals surface area contributed by atoms with Crippen molar-refractivity contribution in [1.82, 2.24) is 4.90 Å². The highest BCUT2D eigenvalue weighted by Gasteiger charge is 2.38. The predicted octanol–water partition coefficient (Wildman–Crippen LogP) is 2.51. The fourth-order valence-corrected chi connectivity index (χ4v) is 3.01. The van der Waals surface area contributed by atoms with E-state index in [1.807, 2.05) is 6.92 Å². The lowest BCUT2D eigenvalue weighted by Gasteiger charge is -2.26. The number of carboxylic acid groups (broad SMARTS) is 1. The predicted molar refractivity (Wildman–Crippen MR) is 89.4 cm³/mol. The number of carbonyl (C=O) groups excluding carboxylic acids is 1. The third-order valence-electron chi connectivity index (χ3n) is 4.19. The molecule has 1 aliphatic heterocycles. The number of hydrogen-bond donors (Lipinski definition) is 1. The molecule has 1 aromatic rings. The number of amides is 1. The number of carboxylic acids is 1. The Hall–Kier alpha value is -1.79. The molecule has 0 radical (unpaired) electrons. The zero-order chi connectivity index (χ0) is 17.9. The number of rotatable bonds is 6. The van der Waals surface area contributed by atoms with Crippen LogP contribution in [0.3, 0.4) is 0 Å². The van der Waals surface area contributed by atoms with Gasteiger partial charge in [0.15, 0.2) is 6.10 Å². The summed E-state index contributed by atoms with van der Waals surface area (Å²) in [5, 5.41) is 9.67. The molecule has 1 saturated heterocycles. The molecule has 1 aromatic carbocycles. The maximum absolute atomic E-state index is 12.7. The molecule has 0 saturated carbocycles. The summed E-state index contributed by atoms with van der Waals surface area (Å²) in [6, 6.07) is 4.81. The van der Waals surface area contributed by atoms with Gasteiger partial charge in [-0.15, -0.1) is 0 Å². The molecule has 0 bridgehead atoms. The van der Waals surface area contributed by atoms with E-state index in [1.165, 1.54) is 0 Å². The number of carbonyl (C=O) groups is 2. The number of aryl methyl sites for hydroxylation is 1. The molecule has 1 N–H and O–H groups in total. The molecule has 7 heteroatoms. The van der Waals surface area contributed by atoms with Crippen LogP contribution in [0, 0.1) is 6.92 Å². The number of aliphatic carboxylic acids is 1. The standard InChI is InChI=1S/C17H22ClNO5/c1-10-6-13(4-5-15(10)18)24-11(2)17(22)19-9-14(23-3)7-12(19)8-16(20)21/h4-6,11-12,14H,7-9H2,1-3H3,(H,20,21). The van der Waals surface area contributed by atoms with Crippen LogP contribution in [0.15, 0.2) is 18.2 Å². The second-order valence-corrected chi connectivity index (χ2v) is 6.41. The van der Waals surface area contributed by atoms with Crippen LogP contribution in [0.4, 0.5) is 0 Å². The molecule has 0 aliphatic carbocycles. The van der Waals surface area contributed by atoms with Gasteiger partial charge in [0.25, 0.3) is 5.91 Å². The first kappa shape index (κ1) is 18.5. The fraction of sp³-hybridized carbons (Fsp3) is 0.529. The molecule has 24 heavy (non-hydrogen) atoms. The monoisotopic (exact) mass is 355 g/mol. The summed E-state index contributed by atoms with van der Waals surface area (Å²) in [7, 11) is 1.56. The number of ether oxygens (including phenoxy) is 2. The summed E-state index contributed by atoms with van der Waals surface area (Å²) >= 11 is 5.98. The van der Waals surface area contributed by atoms with E-state index in [9.17, 15) is 9.59 Å². The maximum atomic E-state index is 12.7. The molecule has 3 unspecified atom stereocenters. The average molecular weight is 356 g/mol. The Morgan fingerprint density at radius 1 is 1.46 bits per heavy atom. The van der Waals surface area contributed by atoms with E-state index in [-0.39, 0.29) is 24.5 Å². The van der Waals surface area contributed by atoms with Crippen molar-refractivity contribution in [3.8, 4) is 5.75 Å². The van der Waals surface area contributed by atoms with Crippen molar-refractivity contribution >= 4 is 23.5 Å². The van der Waals surface area contributed by atoms with Gasteiger partial charge in [-0.1, -0.05) is 11.6 Å². The van der Waals surface area contributed by atoms with Crippen LogP contribution in [0.2, 0.25) is 5.02 Å². The molecule has 3 atom stereocenters. The van der Waals surface area contributed by atoms with E-state index < -0.39 is 12.1 Å². The minimum Gasteiger partial charge on any atom is -0.481 e. The zero-order valence-electron chi connectivity index (χ0n) is 14.0. The second-order valence-electron chi connectivity index (χ2n) is 6.01. The van der Waals surface area contributed by atoms with E-state index in [4.69, 9.17) is 26.2 Å². The van der Waals surface area contributed by atoms with Gasteiger partial charge in [0.05, 0.1) is 12.5 Å². The third-order valence-corrected chi connectivity index (χ3v) is 4.62. The van der Waals surface area contributed by atoms with Crippen molar-refractivity contribution in [3.63, 3.8) is 0 Å². The van der Waals surface area contributed by atoms with Gasteiger partial charge >= 0.3 is 5.97 Å². The van der Waals surface area contributed by atoms with Crippen molar-refractivity contribution in [3.05, 3.63) is 28.8 Å². The topological polar surface area (TPSA) is 76.1 Å². The molecule has 1 heterocycles. The third kappa shape index (κ3) is 4.39. The van der Waals surface area contributed by atoms with E-state index in [0.717, 1.165) is 5.56 Å². The number of nitrogens with zero attached hydrogens (tertiary/aromatic N) is 1. The van der Waals surface area contributed by atoms with Crippen LogP contribution < -0.4 is 4.74 Å². The van der Waals surface area contributed by atoms with E-state index >= 15 is 0 Å². The summed E-state index contributed by atoms with van der Waals surface area (Å²) in [5.41, 5.74) is 0.859. The van der Waals surface area contributed by atoms with E-state index in [0.29, 0.717) is 23.7 Å². The quantitative estimate of drug-likeness (QED) is 0.848. The lowest BCUT2D eigenvalue weighted by Crippen LogP contribution is -2.44. The molecule has 6 nitrogen and oxygen atoms in total. The number of hydrogen-bond acceptors (Lipinski definition) is 4. The largest absolute Gasteiger partial charge is 0.481 e. The van der Waals surface area contributed by atoms with Gasteiger partial charge in [-0.3, -0.25) is 9.59 Å². The van der Waals surface area contributed by atoms with Crippen LogP contribution in [-0.4, -0.2) is 53.8 Å². The minimum atomic E-state index is -0.934. The van der Waals surface area contributed by atoms with Gasteiger partial charge in [-0.25, -0.2) is 0 Å². The molecule has 1 aliphatic rings. The maximum Gasteiger partial charge on any atom is 0.305 e. The van der Waals surface area contributed by atoms with Gasteiger partial charge in [-0.2, -0.15) is 0 Å². The highest BCUT2D eigenvalue weighted by atomic mass is 35.5. The molecule has 0 aromatic heterocycles. The van der Waals surface area contributed by atoms with Gasteiger partial charge in [0, 0.05) is 24.7 Å². The lowest BCUT2D eigenvalue weighted by molar-refractivity contribution is -0.142. The number of halogens is 1. The van der Waals surface area contributed by atoms with Crippen LogP contribution in [0.1, 0.15) is 25.3 Å².